The lowest BCUT2D eigenvalue weighted by Crippen LogP contribution is -2.43. The average molecular weight is 416 g/mol. The van der Waals surface area contributed by atoms with Crippen LogP contribution in [0.3, 0.4) is 0 Å². The van der Waals surface area contributed by atoms with E-state index in [0.717, 1.165) is 31.2 Å². The fraction of sp³-hybridized carbons (Fsp3) is 0.714. The quantitative estimate of drug-likeness (QED) is 0.401. The maximum Gasteiger partial charge on any atom is 0.165 e. The smallest absolute Gasteiger partial charge is 0.165 e. The molecule has 1 heterocycles. The van der Waals surface area contributed by atoms with Gasteiger partial charge in [0, 0.05) is 19.7 Å². The number of β-amino-alcohol motifs (C(OH)–C–C–N with tert-alkyl or cyclic N) is 2. The zero-order valence-corrected chi connectivity index (χ0v) is 17.0. The van der Waals surface area contributed by atoms with Crippen molar-refractivity contribution in [2.24, 2.45) is 0 Å². The summed E-state index contributed by atoms with van der Waals surface area (Å²) in [6, 6.07) is 4.74. The zero-order valence-electron chi connectivity index (χ0n) is 17.0. The fourth-order valence-electron chi connectivity index (χ4n) is 3.44. The highest BCUT2D eigenvalue weighted by molar-refractivity contribution is 5.29. The molecule has 0 aliphatic carbocycles. The Hall–Kier alpha value is -1.29. The van der Waals surface area contributed by atoms with Crippen LogP contribution in [0, 0.1) is 5.82 Å². The molecule has 166 valence electrons. The molecular weight excluding hydrogens is 381 g/mol. The molecule has 1 aromatic rings. The predicted octanol–water partition coefficient (Wildman–Crippen LogP) is 1.06. The first kappa shape index (κ1) is 24.0. The van der Waals surface area contributed by atoms with Crippen molar-refractivity contribution in [2.45, 2.75) is 63.6 Å². The third-order valence-electron chi connectivity index (χ3n) is 5.11. The Balaban J connectivity index is 1.57. The highest BCUT2D eigenvalue weighted by atomic mass is 19.1. The van der Waals surface area contributed by atoms with Crippen molar-refractivity contribution in [3.63, 3.8) is 0 Å². The van der Waals surface area contributed by atoms with Crippen LogP contribution in [0.25, 0.3) is 0 Å². The zero-order chi connectivity index (χ0) is 21.2. The summed E-state index contributed by atoms with van der Waals surface area (Å²) < 4.78 is 24.4. The van der Waals surface area contributed by atoms with Crippen LogP contribution in [-0.4, -0.2) is 82.6 Å². The van der Waals surface area contributed by atoms with Crippen molar-refractivity contribution >= 4 is 0 Å². The summed E-state index contributed by atoms with van der Waals surface area (Å²) >= 11 is 0. The molecule has 2 rings (SSSR count). The van der Waals surface area contributed by atoms with E-state index in [-0.39, 0.29) is 24.7 Å². The molecule has 8 heteroatoms. The number of unbranched alkanes of at least 4 members (excludes halogenated alkanes) is 3. The third kappa shape index (κ3) is 7.81. The fourth-order valence-corrected chi connectivity index (χ4v) is 3.44. The minimum absolute atomic E-state index is 0.236. The van der Waals surface area contributed by atoms with Gasteiger partial charge in [-0.3, -0.25) is 4.90 Å². The molecule has 1 saturated heterocycles. The minimum Gasteiger partial charge on any atom is -0.491 e. The van der Waals surface area contributed by atoms with Gasteiger partial charge in [-0.05, 0) is 44.0 Å². The molecule has 0 spiro atoms. The molecule has 0 bridgehead atoms. The van der Waals surface area contributed by atoms with Gasteiger partial charge in [0.25, 0.3) is 0 Å². The van der Waals surface area contributed by atoms with Crippen molar-refractivity contribution in [1.29, 1.82) is 0 Å². The van der Waals surface area contributed by atoms with Crippen molar-refractivity contribution in [3.05, 3.63) is 29.6 Å². The lowest BCUT2D eigenvalue weighted by atomic mass is 10.1. The van der Waals surface area contributed by atoms with Gasteiger partial charge in [0.1, 0.15) is 12.2 Å². The first-order valence-corrected chi connectivity index (χ1v) is 10.4. The number of aliphatic hydroxyl groups excluding tert-OH is 4. The number of hydrogen-bond donors (Lipinski definition) is 4. The van der Waals surface area contributed by atoms with E-state index in [1.54, 1.807) is 12.1 Å². The van der Waals surface area contributed by atoms with Crippen molar-refractivity contribution in [3.8, 4) is 5.75 Å². The van der Waals surface area contributed by atoms with E-state index in [1.807, 2.05) is 11.8 Å². The Morgan fingerprint density at radius 2 is 1.66 bits per heavy atom. The van der Waals surface area contributed by atoms with Crippen LogP contribution >= 0.6 is 0 Å². The van der Waals surface area contributed by atoms with Gasteiger partial charge in [-0.15, -0.1) is 0 Å². The lowest BCUT2D eigenvalue weighted by molar-refractivity contribution is -0.0894. The second-order valence-corrected chi connectivity index (χ2v) is 7.54. The maximum absolute atomic E-state index is 13.5. The van der Waals surface area contributed by atoms with Gasteiger partial charge in [-0.2, -0.15) is 0 Å². The summed E-state index contributed by atoms with van der Waals surface area (Å²) in [6.07, 6.45) is -1.02. The van der Waals surface area contributed by atoms with Gasteiger partial charge in [-0.1, -0.05) is 18.9 Å². The molecule has 1 aliphatic rings. The minimum atomic E-state index is -1.32. The molecule has 1 aromatic carbocycles. The second-order valence-electron chi connectivity index (χ2n) is 7.54. The maximum atomic E-state index is 13.5. The van der Waals surface area contributed by atoms with Gasteiger partial charge in [0.05, 0.1) is 25.4 Å². The number of ether oxygens (including phenoxy) is 2. The largest absolute Gasteiger partial charge is 0.491 e. The van der Waals surface area contributed by atoms with Gasteiger partial charge < -0.3 is 29.9 Å². The summed E-state index contributed by atoms with van der Waals surface area (Å²) in [5.41, 5.74) is 0.873. The molecule has 0 amide bonds. The number of rotatable bonds is 11. The normalized spacial score (nSPS) is 25.7. The Morgan fingerprint density at radius 1 is 1.00 bits per heavy atom. The number of benzene rings is 1. The predicted molar refractivity (Wildman–Crippen MR) is 106 cm³/mol. The summed E-state index contributed by atoms with van der Waals surface area (Å²) in [5, 5.41) is 39.2. The highest BCUT2D eigenvalue weighted by Gasteiger charge is 2.35. The van der Waals surface area contributed by atoms with Crippen molar-refractivity contribution < 1.29 is 34.3 Å². The molecule has 0 aromatic heterocycles. The third-order valence-corrected chi connectivity index (χ3v) is 5.11. The van der Waals surface area contributed by atoms with Crippen molar-refractivity contribution in [2.75, 3.05) is 32.8 Å². The summed E-state index contributed by atoms with van der Waals surface area (Å²) in [4.78, 5) is 1.87. The van der Waals surface area contributed by atoms with Crippen LogP contribution < -0.4 is 4.74 Å². The number of likely N-dealkylation sites (tertiary alicyclic amines) is 1. The van der Waals surface area contributed by atoms with Crippen LogP contribution in [0.5, 0.6) is 5.75 Å². The van der Waals surface area contributed by atoms with Crippen LogP contribution in [-0.2, 0) is 11.3 Å². The molecule has 1 fully saturated rings. The molecule has 0 unspecified atom stereocenters. The molecule has 4 atom stereocenters. The van der Waals surface area contributed by atoms with Gasteiger partial charge >= 0.3 is 0 Å². The molecule has 1 aliphatic heterocycles. The number of aliphatic hydroxyl groups is 4. The van der Waals surface area contributed by atoms with E-state index in [1.165, 1.54) is 6.07 Å². The Kier molecular flexibility index (Phi) is 10.3. The van der Waals surface area contributed by atoms with Gasteiger partial charge in [0.2, 0.25) is 0 Å². The van der Waals surface area contributed by atoms with E-state index in [0.29, 0.717) is 26.4 Å². The first-order valence-electron chi connectivity index (χ1n) is 10.4. The molecule has 4 N–H and O–H groups in total. The topological polar surface area (TPSA) is 103 Å². The standard InChI is InChI=1S/C21H34FNO6/c1-2-29-19-11-15(7-8-16(19)22)14-28-10-6-4-3-5-9-23-12-17(24)20(26)21(27)18(25)13-23/h7-8,11,17-18,20-21,24-27H,2-6,9-10,12-14H2,1H3/t17-,18-,20+,21+/m0/s1. The summed E-state index contributed by atoms with van der Waals surface area (Å²) in [6.45, 7) is 4.41. The van der Waals surface area contributed by atoms with Gasteiger partial charge in [0.15, 0.2) is 11.6 Å². The second kappa shape index (κ2) is 12.4. The van der Waals surface area contributed by atoms with E-state index >= 15 is 0 Å². The first-order chi connectivity index (χ1) is 13.9. The van der Waals surface area contributed by atoms with E-state index < -0.39 is 24.4 Å². The Labute approximate surface area is 171 Å². The van der Waals surface area contributed by atoms with Gasteiger partial charge in [-0.25, -0.2) is 4.39 Å². The molecule has 29 heavy (non-hydrogen) atoms. The van der Waals surface area contributed by atoms with Crippen LogP contribution in [0.1, 0.15) is 38.2 Å². The monoisotopic (exact) mass is 415 g/mol. The lowest BCUT2D eigenvalue weighted by Gasteiger charge is -2.23. The SMILES string of the molecule is CCOc1cc(COCCCCCCN2C[C@H](O)[C@@H](O)[C@H](O)[C@@H](O)C2)ccc1F. The molecule has 7 nitrogen and oxygen atoms in total. The van der Waals surface area contributed by atoms with E-state index in [2.05, 4.69) is 0 Å². The molecular formula is C21H34FNO6. The van der Waals surface area contributed by atoms with E-state index in [9.17, 15) is 24.8 Å². The number of halogens is 1. The van der Waals surface area contributed by atoms with Crippen molar-refractivity contribution in [1.82, 2.24) is 4.90 Å². The van der Waals surface area contributed by atoms with Crippen LogP contribution in [0.2, 0.25) is 0 Å². The number of nitrogens with zero attached hydrogens (tertiary/aromatic N) is 1. The Morgan fingerprint density at radius 3 is 2.31 bits per heavy atom. The summed E-state index contributed by atoms with van der Waals surface area (Å²) in [5.74, 6) is -0.124. The summed E-state index contributed by atoms with van der Waals surface area (Å²) in [7, 11) is 0. The molecule has 0 radical (unpaired) electrons. The van der Waals surface area contributed by atoms with Crippen LogP contribution in [0.15, 0.2) is 18.2 Å². The van der Waals surface area contributed by atoms with Crippen LogP contribution in [0.4, 0.5) is 4.39 Å². The number of hydrogen-bond acceptors (Lipinski definition) is 7. The Bertz CT molecular complexity index is 589. The van der Waals surface area contributed by atoms with E-state index in [4.69, 9.17) is 9.47 Å². The average Bonchev–Trinajstić information content (AvgIpc) is 2.78. The molecule has 0 saturated carbocycles. The highest BCUT2D eigenvalue weighted by Crippen LogP contribution is 2.19.